The van der Waals surface area contributed by atoms with Crippen LogP contribution in [-0.4, -0.2) is 35.7 Å². The first-order valence-electron chi connectivity index (χ1n) is 13.7. The van der Waals surface area contributed by atoms with Crippen LogP contribution in [0.25, 0.3) is 0 Å². The molecule has 0 bridgehead atoms. The second-order valence-electron chi connectivity index (χ2n) is 10.4. The Balaban J connectivity index is 0.000000293. The zero-order valence-electron chi connectivity index (χ0n) is 23.4. The molecule has 208 valence electrons. The highest BCUT2D eigenvalue weighted by Crippen LogP contribution is 2.36. The third-order valence-corrected chi connectivity index (χ3v) is 6.78. The average molecular weight is 526 g/mol. The maximum atomic E-state index is 12.6. The molecule has 1 aliphatic carbocycles. The van der Waals surface area contributed by atoms with E-state index in [-0.39, 0.29) is 29.3 Å². The van der Waals surface area contributed by atoms with Gasteiger partial charge >= 0.3 is 11.9 Å². The van der Waals surface area contributed by atoms with Gasteiger partial charge in [0.2, 0.25) is 5.91 Å². The molecule has 3 atom stereocenters. The topological polar surface area (TPSA) is 102 Å². The fraction of sp³-hybridized carbons (Fsp3) is 0.516. The predicted molar refractivity (Wildman–Crippen MR) is 149 cm³/mol. The van der Waals surface area contributed by atoms with Crippen molar-refractivity contribution in [2.75, 3.05) is 11.9 Å². The Bertz CT molecular complexity index is 1050. The van der Waals surface area contributed by atoms with E-state index in [0.29, 0.717) is 35.6 Å². The van der Waals surface area contributed by atoms with Crippen LogP contribution in [0.15, 0.2) is 48.5 Å². The molecule has 1 saturated carbocycles. The van der Waals surface area contributed by atoms with E-state index >= 15 is 0 Å². The first-order valence-corrected chi connectivity index (χ1v) is 13.7. The van der Waals surface area contributed by atoms with Gasteiger partial charge < -0.3 is 19.9 Å². The molecule has 0 aliphatic heterocycles. The number of carbonyl (C=O) groups excluding carboxylic acids is 3. The number of nitrogens with one attached hydrogen (secondary N) is 1. The molecule has 7 nitrogen and oxygen atoms in total. The minimum atomic E-state index is -0.454. The molecule has 0 radical (unpaired) electrons. The smallest absolute Gasteiger partial charge is 0.341 e. The van der Waals surface area contributed by atoms with Gasteiger partial charge in [0.05, 0.1) is 17.9 Å². The number of phenols is 1. The molecule has 0 heterocycles. The van der Waals surface area contributed by atoms with Crippen LogP contribution in [0.3, 0.4) is 0 Å². The van der Waals surface area contributed by atoms with E-state index in [1.807, 2.05) is 0 Å². The van der Waals surface area contributed by atoms with Crippen LogP contribution >= 0.6 is 0 Å². The summed E-state index contributed by atoms with van der Waals surface area (Å²) in [6.45, 7) is 10.5. The summed E-state index contributed by atoms with van der Waals surface area (Å²) in [5.41, 5.74) is 1.16. The Morgan fingerprint density at radius 1 is 0.974 bits per heavy atom. The molecule has 0 aromatic heterocycles. The fourth-order valence-corrected chi connectivity index (χ4v) is 4.65. The molecule has 2 aromatic carbocycles. The number of ether oxygens (including phenoxy) is 2. The van der Waals surface area contributed by atoms with Crippen molar-refractivity contribution in [1.82, 2.24) is 0 Å². The van der Waals surface area contributed by atoms with E-state index in [4.69, 9.17) is 9.47 Å². The summed E-state index contributed by atoms with van der Waals surface area (Å²) in [6, 6.07) is 13.4. The van der Waals surface area contributed by atoms with Gasteiger partial charge in [0, 0.05) is 6.92 Å². The Morgan fingerprint density at radius 2 is 1.63 bits per heavy atom. The lowest BCUT2D eigenvalue weighted by Gasteiger charge is -2.36. The lowest BCUT2D eigenvalue weighted by molar-refractivity contribution is -0.114. The second kappa shape index (κ2) is 15.8. The lowest BCUT2D eigenvalue weighted by Crippen LogP contribution is -2.36. The Hall–Kier alpha value is -3.35. The molecule has 1 fully saturated rings. The maximum Gasteiger partial charge on any atom is 0.341 e. The summed E-state index contributed by atoms with van der Waals surface area (Å²) in [7, 11) is 0. The van der Waals surface area contributed by atoms with Crippen LogP contribution in [0, 0.1) is 17.8 Å². The highest BCUT2D eigenvalue weighted by Gasteiger charge is 2.34. The third-order valence-electron chi connectivity index (χ3n) is 6.78. The van der Waals surface area contributed by atoms with Gasteiger partial charge in [-0.15, -0.1) is 0 Å². The first-order chi connectivity index (χ1) is 18.1. The number of benzene rings is 2. The number of hydrogen-bond donors (Lipinski definition) is 2. The maximum absolute atomic E-state index is 12.6. The average Bonchev–Trinajstić information content (AvgIpc) is 2.87. The second-order valence-corrected chi connectivity index (χ2v) is 10.4. The Labute approximate surface area is 226 Å². The largest absolute Gasteiger partial charge is 0.507 e. The van der Waals surface area contributed by atoms with Gasteiger partial charge in [0.1, 0.15) is 17.4 Å². The summed E-state index contributed by atoms with van der Waals surface area (Å²) in [5, 5.41) is 12.1. The van der Waals surface area contributed by atoms with Crippen molar-refractivity contribution in [3.8, 4) is 5.75 Å². The Kier molecular flexibility index (Phi) is 12.8. The van der Waals surface area contributed by atoms with Crippen molar-refractivity contribution in [3.63, 3.8) is 0 Å². The summed E-state index contributed by atoms with van der Waals surface area (Å²) < 4.78 is 10.9. The molecule has 0 saturated heterocycles. The number of anilines is 1. The van der Waals surface area contributed by atoms with Crippen LogP contribution in [0.1, 0.15) is 93.9 Å². The molecule has 2 N–H and O–H groups in total. The van der Waals surface area contributed by atoms with Gasteiger partial charge in [-0.1, -0.05) is 71.2 Å². The van der Waals surface area contributed by atoms with Crippen LogP contribution in [0.2, 0.25) is 0 Å². The van der Waals surface area contributed by atoms with Gasteiger partial charge in [-0.05, 0) is 61.3 Å². The van der Waals surface area contributed by atoms with Gasteiger partial charge in [-0.2, -0.15) is 0 Å². The number of amides is 1. The highest BCUT2D eigenvalue weighted by molar-refractivity contribution is 6.00. The van der Waals surface area contributed by atoms with Gasteiger partial charge in [0.15, 0.2) is 0 Å². The SMILES string of the molecule is CC(=O)Nc1ccccc1C(=O)OC1CC(C)CCC1C(C)C.CCCCCOC(=O)c1ccccc1O. The Morgan fingerprint density at radius 3 is 2.26 bits per heavy atom. The third kappa shape index (κ3) is 9.84. The quantitative estimate of drug-likeness (QED) is 0.270. The van der Waals surface area contributed by atoms with Crippen molar-refractivity contribution in [2.24, 2.45) is 17.8 Å². The zero-order chi connectivity index (χ0) is 28.1. The molecule has 7 heteroatoms. The number of aromatic hydroxyl groups is 1. The zero-order valence-corrected chi connectivity index (χ0v) is 23.4. The van der Waals surface area contributed by atoms with E-state index in [2.05, 4.69) is 33.0 Å². The number of esters is 2. The number of phenolic OH excluding ortho intramolecular Hbond substituents is 1. The van der Waals surface area contributed by atoms with Crippen molar-refractivity contribution in [2.45, 2.75) is 79.2 Å². The molecular formula is C31H43NO6. The number of rotatable bonds is 9. The first kappa shape index (κ1) is 30.9. The van der Waals surface area contributed by atoms with Gasteiger partial charge in [-0.25, -0.2) is 9.59 Å². The van der Waals surface area contributed by atoms with E-state index in [1.165, 1.54) is 19.4 Å². The van der Waals surface area contributed by atoms with Crippen molar-refractivity contribution in [3.05, 3.63) is 59.7 Å². The van der Waals surface area contributed by atoms with Gasteiger partial charge in [-0.3, -0.25) is 4.79 Å². The van der Waals surface area contributed by atoms with E-state index in [1.54, 1.807) is 42.5 Å². The van der Waals surface area contributed by atoms with Crippen molar-refractivity contribution >= 4 is 23.5 Å². The van der Waals surface area contributed by atoms with Crippen LogP contribution in [-0.2, 0) is 14.3 Å². The van der Waals surface area contributed by atoms with Crippen LogP contribution in [0.5, 0.6) is 5.75 Å². The predicted octanol–water partition coefficient (Wildman–Crippen LogP) is 7.00. The van der Waals surface area contributed by atoms with Crippen molar-refractivity contribution < 1.29 is 29.0 Å². The summed E-state index contributed by atoms with van der Waals surface area (Å²) in [4.78, 5) is 35.4. The highest BCUT2D eigenvalue weighted by atomic mass is 16.5. The number of hydrogen-bond acceptors (Lipinski definition) is 6. The monoisotopic (exact) mass is 525 g/mol. The molecule has 3 rings (SSSR count). The molecule has 0 spiro atoms. The molecule has 3 unspecified atom stereocenters. The van der Waals surface area contributed by atoms with Crippen molar-refractivity contribution in [1.29, 1.82) is 0 Å². The van der Waals surface area contributed by atoms with Crippen LogP contribution < -0.4 is 5.32 Å². The standard InChI is InChI=1S/C19H27NO3.C12H16O3/c1-12(2)15-10-9-13(3)11-18(15)23-19(22)16-7-5-6-8-17(16)20-14(4)21;1-2-3-6-9-15-12(14)10-7-4-5-8-11(10)13/h5-8,12-13,15,18H,9-11H2,1-4H3,(H,20,21);4-5,7-8,13H,2-3,6,9H2,1H3. The summed E-state index contributed by atoms with van der Waals surface area (Å²) in [5.74, 6) is 0.445. The number of para-hydroxylation sites is 2. The number of carbonyl (C=O) groups is 3. The van der Waals surface area contributed by atoms with E-state index in [0.717, 1.165) is 32.1 Å². The minimum Gasteiger partial charge on any atom is -0.507 e. The summed E-state index contributed by atoms with van der Waals surface area (Å²) >= 11 is 0. The molecule has 38 heavy (non-hydrogen) atoms. The minimum absolute atomic E-state index is 0.0296. The molecule has 2 aromatic rings. The normalized spacial score (nSPS) is 18.6. The van der Waals surface area contributed by atoms with Gasteiger partial charge in [0.25, 0.3) is 0 Å². The fourth-order valence-electron chi connectivity index (χ4n) is 4.65. The van der Waals surface area contributed by atoms with E-state index in [9.17, 15) is 19.5 Å². The van der Waals surface area contributed by atoms with Crippen LogP contribution in [0.4, 0.5) is 5.69 Å². The molecular weight excluding hydrogens is 482 g/mol. The lowest BCUT2D eigenvalue weighted by atomic mass is 9.75. The summed E-state index contributed by atoms with van der Waals surface area (Å²) in [6.07, 6.45) is 6.18. The molecule has 1 aliphatic rings. The number of unbranched alkanes of at least 4 members (excludes halogenated alkanes) is 2. The van der Waals surface area contributed by atoms with E-state index < -0.39 is 5.97 Å². The molecule has 1 amide bonds.